The fourth-order valence-corrected chi connectivity index (χ4v) is 3.17. The smallest absolute Gasteiger partial charge is 0.0449 e. The van der Waals surface area contributed by atoms with Crippen molar-refractivity contribution in [2.45, 2.75) is 38.3 Å². The number of piperidine rings is 1. The van der Waals surface area contributed by atoms with Gasteiger partial charge in [0.1, 0.15) is 0 Å². The van der Waals surface area contributed by atoms with Crippen molar-refractivity contribution in [1.82, 2.24) is 15.1 Å². The summed E-state index contributed by atoms with van der Waals surface area (Å²) in [7, 11) is 4.41. The lowest BCUT2D eigenvalue weighted by atomic mass is 10.0. The van der Waals surface area contributed by atoms with Gasteiger partial charge in [0.05, 0.1) is 0 Å². The minimum Gasteiger partial charge on any atom is -0.309 e. The Bertz CT molecular complexity index is 391. The van der Waals surface area contributed by atoms with Gasteiger partial charge >= 0.3 is 0 Å². The third-order valence-corrected chi connectivity index (χ3v) is 4.49. The molecule has 1 aliphatic rings. The second kappa shape index (κ2) is 8.52. The average Bonchev–Trinajstić information content (AvgIpc) is 2.52. The summed E-state index contributed by atoms with van der Waals surface area (Å²) < 4.78 is 0. The molecule has 2 atom stereocenters. The Hall–Kier alpha value is -0.900. The standard InChI is InChI=1S/C18H31N3/c1-4-12-19-18(16-9-6-5-7-10-16)15-21-13-8-11-17(14-21)20(2)3/h5-7,9-10,17-19H,4,8,11-15H2,1-3H3. The van der Waals surface area contributed by atoms with Gasteiger partial charge in [0.15, 0.2) is 0 Å². The molecule has 1 heterocycles. The zero-order chi connectivity index (χ0) is 15.1. The third kappa shape index (κ3) is 5.10. The number of nitrogens with one attached hydrogen (secondary N) is 1. The molecule has 0 aromatic heterocycles. The molecular weight excluding hydrogens is 258 g/mol. The van der Waals surface area contributed by atoms with E-state index in [2.05, 4.69) is 66.5 Å². The lowest BCUT2D eigenvalue weighted by molar-refractivity contribution is 0.123. The first-order valence-corrected chi connectivity index (χ1v) is 8.37. The van der Waals surface area contributed by atoms with Crippen LogP contribution in [0.15, 0.2) is 30.3 Å². The van der Waals surface area contributed by atoms with E-state index in [1.54, 1.807) is 0 Å². The minimum absolute atomic E-state index is 0.451. The summed E-state index contributed by atoms with van der Waals surface area (Å²) in [6.07, 6.45) is 3.84. The van der Waals surface area contributed by atoms with E-state index in [9.17, 15) is 0 Å². The Balaban J connectivity index is 1.98. The summed E-state index contributed by atoms with van der Waals surface area (Å²) in [6.45, 7) is 6.88. The largest absolute Gasteiger partial charge is 0.309 e. The fraction of sp³-hybridized carbons (Fsp3) is 0.667. The topological polar surface area (TPSA) is 18.5 Å². The summed E-state index contributed by atoms with van der Waals surface area (Å²) in [5.74, 6) is 0. The second-order valence-corrected chi connectivity index (χ2v) is 6.44. The van der Waals surface area contributed by atoms with Gasteiger partial charge in [-0.25, -0.2) is 0 Å². The Labute approximate surface area is 130 Å². The van der Waals surface area contributed by atoms with Gasteiger partial charge in [-0.2, -0.15) is 0 Å². The van der Waals surface area contributed by atoms with E-state index >= 15 is 0 Å². The molecule has 0 aliphatic carbocycles. The normalized spacial score (nSPS) is 21.6. The van der Waals surface area contributed by atoms with Gasteiger partial charge in [-0.05, 0) is 52.0 Å². The van der Waals surface area contributed by atoms with E-state index in [1.807, 2.05) is 0 Å². The van der Waals surface area contributed by atoms with Crippen LogP contribution in [0.2, 0.25) is 0 Å². The number of hydrogen-bond acceptors (Lipinski definition) is 3. The highest BCUT2D eigenvalue weighted by atomic mass is 15.2. The molecule has 0 amide bonds. The van der Waals surface area contributed by atoms with Gasteiger partial charge in [0, 0.05) is 25.2 Å². The van der Waals surface area contributed by atoms with Crippen LogP contribution in [0, 0.1) is 0 Å². The molecule has 1 aromatic rings. The van der Waals surface area contributed by atoms with Crippen LogP contribution in [0.3, 0.4) is 0 Å². The molecule has 1 saturated heterocycles. The van der Waals surface area contributed by atoms with Gasteiger partial charge in [0.2, 0.25) is 0 Å². The Morgan fingerprint density at radius 1 is 1.29 bits per heavy atom. The molecule has 0 spiro atoms. The molecule has 0 radical (unpaired) electrons. The molecule has 2 unspecified atom stereocenters. The van der Waals surface area contributed by atoms with Crippen LogP contribution in [-0.4, -0.2) is 56.1 Å². The fourth-order valence-electron chi connectivity index (χ4n) is 3.17. The monoisotopic (exact) mass is 289 g/mol. The SMILES string of the molecule is CCCNC(CN1CCCC(N(C)C)C1)c1ccccc1. The summed E-state index contributed by atoms with van der Waals surface area (Å²) >= 11 is 0. The van der Waals surface area contributed by atoms with Crippen molar-refractivity contribution in [3.05, 3.63) is 35.9 Å². The molecule has 1 fully saturated rings. The lowest BCUT2D eigenvalue weighted by Crippen LogP contribution is -2.47. The molecule has 3 nitrogen and oxygen atoms in total. The van der Waals surface area contributed by atoms with Crippen molar-refractivity contribution in [3.8, 4) is 0 Å². The molecule has 0 saturated carbocycles. The third-order valence-electron chi connectivity index (χ3n) is 4.49. The molecule has 118 valence electrons. The molecular formula is C18H31N3. The Morgan fingerprint density at radius 2 is 2.05 bits per heavy atom. The molecule has 1 N–H and O–H groups in total. The molecule has 2 rings (SSSR count). The maximum Gasteiger partial charge on any atom is 0.0449 e. The summed E-state index contributed by atoms with van der Waals surface area (Å²) in [4.78, 5) is 5.01. The van der Waals surface area contributed by atoms with Crippen molar-refractivity contribution in [2.75, 3.05) is 40.3 Å². The number of hydrogen-bond donors (Lipinski definition) is 1. The maximum atomic E-state index is 3.72. The first-order valence-electron chi connectivity index (χ1n) is 8.37. The average molecular weight is 289 g/mol. The van der Waals surface area contributed by atoms with Gasteiger partial charge in [-0.15, -0.1) is 0 Å². The van der Waals surface area contributed by atoms with Crippen molar-refractivity contribution in [3.63, 3.8) is 0 Å². The number of benzene rings is 1. The quantitative estimate of drug-likeness (QED) is 0.833. The van der Waals surface area contributed by atoms with Crippen LogP contribution in [-0.2, 0) is 0 Å². The Morgan fingerprint density at radius 3 is 2.71 bits per heavy atom. The number of rotatable bonds is 7. The number of nitrogens with zero attached hydrogens (tertiary/aromatic N) is 2. The highest BCUT2D eigenvalue weighted by Crippen LogP contribution is 2.19. The van der Waals surface area contributed by atoms with Crippen molar-refractivity contribution < 1.29 is 0 Å². The molecule has 1 aliphatic heterocycles. The van der Waals surface area contributed by atoms with E-state index in [0.29, 0.717) is 12.1 Å². The number of likely N-dealkylation sites (N-methyl/N-ethyl adjacent to an activating group) is 1. The lowest BCUT2D eigenvalue weighted by Gasteiger charge is -2.38. The van der Waals surface area contributed by atoms with E-state index in [1.165, 1.54) is 37.9 Å². The number of likely N-dealkylation sites (tertiary alicyclic amines) is 1. The highest BCUT2D eigenvalue weighted by molar-refractivity contribution is 5.19. The first-order chi connectivity index (χ1) is 10.2. The van der Waals surface area contributed by atoms with Crippen LogP contribution in [0.4, 0.5) is 0 Å². The molecule has 1 aromatic carbocycles. The predicted molar refractivity (Wildman–Crippen MR) is 90.6 cm³/mol. The summed E-state index contributed by atoms with van der Waals surface area (Å²) in [5, 5.41) is 3.72. The van der Waals surface area contributed by atoms with Crippen LogP contribution in [0.5, 0.6) is 0 Å². The van der Waals surface area contributed by atoms with Crippen LogP contribution in [0.1, 0.15) is 37.8 Å². The van der Waals surface area contributed by atoms with Gasteiger partial charge in [-0.1, -0.05) is 37.3 Å². The molecule has 3 heteroatoms. The highest BCUT2D eigenvalue weighted by Gasteiger charge is 2.23. The van der Waals surface area contributed by atoms with Crippen LogP contribution >= 0.6 is 0 Å². The van der Waals surface area contributed by atoms with E-state index in [0.717, 1.165) is 13.1 Å². The van der Waals surface area contributed by atoms with E-state index in [-0.39, 0.29) is 0 Å². The van der Waals surface area contributed by atoms with E-state index in [4.69, 9.17) is 0 Å². The van der Waals surface area contributed by atoms with Crippen molar-refractivity contribution in [1.29, 1.82) is 0 Å². The van der Waals surface area contributed by atoms with E-state index < -0.39 is 0 Å². The maximum absolute atomic E-state index is 3.72. The first kappa shape index (κ1) is 16.5. The van der Waals surface area contributed by atoms with Crippen LogP contribution < -0.4 is 5.32 Å². The zero-order valence-electron chi connectivity index (χ0n) is 13.9. The summed E-state index contributed by atoms with van der Waals surface area (Å²) in [5.41, 5.74) is 1.41. The van der Waals surface area contributed by atoms with Crippen molar-refractivity contribution >= 4 is 0 Å². The summed E-state index contributed by atoms with van der Waals surface area (Å²) in [6, 6.07) is 12.1. The van der Waals surface area contributed by atoms with Gasteiger partial charge in [0.25, 0.3) is 0 Å². The Kier molecular flexibility index (Phi) is 6.68. The zero-order valence-corrected chi connectivity index (χ0v) is 13.9. The second-order valence-electron chi connectivity index (χ2n) is 6.44. The minimum atomic E-state index is 0.451. The van der Waals surface area contributed by atoms with Gasteiger partial charge < -0.3 is 10.2 Å². The molecule has 0 bridgehead atoms. The molecule has 21 heavy (non-hydrogen) atoms. The van der Waals surface area contributed by atoms with Crippen molar-refractivity contribution in [2.24, 2.45) is 0 Å². The predicted octanol–water partition coefficient (Wildman–Crippen LogP) is 2.75. The van der Waals surface area contributed by atoms with Gasteiger partial charge in [-0.3, -0.25) is 4.90 Å². The van der Waals surface area contributed by atoms with Crippen LogP contribution in [0.25, 0.3) is 0 Å².